The highest BCUT2D eigenvalue weighted by molar-refractivity contribution is 7.92. The maximum absolute atomic E-state index is 12.7. The minimum absolute atomic E-state index is 0.112. The third-order valence-electron chi connectivity index (χ3n) is 5.48. The number of urea groups is 1. The lowest BCUT2D eigenvalue weighted by Crippen LogP contribution is -2.59. The molecular weight excluding hydrogens is 442 g/mol. The fourth-order valence-corrected chi connectivity index (χ4v) is 5.30. The molecule has 1 aromatic heterocycles. The smallest absolute Gasteiger partial charge is 0.320 e. The first-order valence-corrected chi connectivity index (χ1v) is 12.1. The minimum atomic E-state index is -3.44. The number of aliphatic hydroxyl groups is 1. The van der Waals surface area contributed by atoms with Gasteiger partial charge in [-0.15, -0.1) is 0 Å². The number of aryl methyl sites for hydroxylation is 2. The number of amides is 2. The van der Waals surface area contributed by atoms with Crippen LogP contribution in [0.4, 0.5) is 10.6 Å². The molecule has 170 valence electrons. The van der Waals surface area contributed by atoms with Gasteiger partial charge < -0.3 is 10.4 Å². The Bertz CT molecular complexity index is 1000. The predicted octanol–water partition coefficient (Wildman–Crippen LogP) is 1.67. The van der Waals surface area contributed by atoms with Crippen molar-refractivity contribution in [1.82, 2.24) is 20.0 Å². The molecule has 31 heavy (non-hydrogen) atoms. The van der Waals surface area contributed by atoms with E-state index in [0.29, 0.717) is 36.9 Å². The van der Waals surface area contributed by atoms with Gasteiger partial charge in [0.1, 0.15) is 5.82 Å². The van der Waals surface area contributed by atoms with Crippen LogP contribution in [0, 0.1) is 0 Å². The number of hydrogen-bond acceptors (Lipinski definition) is 6. The third kappa shape index (κ3) is 5.57. The Morgan fingerprint density at radius 2 is 2.00 bits per heavy atom. The summed E-state index contributed by atoms with van der Waals surface area (Å²) in [6.07, 6.45) is 1.28. The van der Waals surface area contributed by atoms with Crippen LogP contribution in [0.1, 0.15) is 19.0 Å². The van der Waals surface area contributed by atoms with Crippen molar-refractivity contribution in [2.24, 2.45) is 7.05 Å². The quantitative estimate of drug-likeness (QED) is 0.514. The van der Waals surface area contributed by atoms with Gasteiger partial charge in [-0.05, 0) is 37.1 Å². The average Bonchev–Trinajstić information content (AvgIpc) is 3.05. The fraction of sp³-hybridized carbons (Fsp3) is 0.500. The molecule has 0 bridgehead atoms. The number of anilines is 1. The van der Waals surface area contributed by atoms with E-state index in [9.17, 15) is 18.3 Å². The summed E-state index contributed by atoms with van der Waals surface area (Å²) in [4.78, 5) is 14.3. The Hall–Kier alpha value is -2.14. The molecular formula is C20H28ClN5O4S. The molecule has 0 radical (unpaired) electrons. The summed E-state index contributed by atoms with van der Waals surface area (Å²) in [6.45, 7) is 2.91. The molecule has 3 N–H and O–H groups in total. The molecule has 3 rings (SSSR count). The number of hydrogen-bond donors (Lipinski definition) is 3. The monoisotopic (exact) mass is 469 g/mol. The predicted molar refractivity (Wildman–Crippen MR) is 119 cm³/mol. The second-order valence-electron chi connectivity index (χ2n) is 7.58. The molecule has 9 nitrogen and oxygen atoms in total. The van der Waals surface area contributed by atoms with E-state index in [1.807, 2.05) is 17.9 Å². The van der Waals surface area contributed by atoms with Crippen molar-refractivity contribution in [3.63, 3.8) is 0 Å². The van der Waals surface area contributed by atoms with Crippen LogP contribution in [-0.4, -0.2) is 71.8 Å². The maximum Gasteiger partial charge on any atom is 0.320 e. The van der Waals surface area contributed by atoms with Crippen LogP contribution < -0.4 is 10.6 Å². The fourth-order valence-electron chi connectivity index (χ4n) is 3.50. The van der Waals surface area contributed by atoms with E-state index in [1.54, 1.807) is 23.9 Å². The molecule has 0 aliphatic carbocycles. The molecule has 2 aromatic rings. The number of likely N-dealkylation sites (tertiary alicyclic amines) is 1. The zero-order valence-corrected chi connectivity index (χ0v) is 19.2. The van der Waals surface area contributed by atoms with Gasteiger partial charge in [-0.25, -0.2) is 13.2 Å². The lowest BCUT2D eigenvalue weighted by molar-refractivity contribution is 0.0696. The summed E-state index contributed by atoms with van der Waals surface area (Å²) in [6, 6.07) is 7.39. The topological polar surface area (TPSA) is 117 Å². The van der Waals surface area contributed by atoms with Crippen molar-refractivity contribution >= 4 is 33.3 Å². The Morgan fingerprint density at radius 3 is 2.58 bits per heavy atom. The number of aromatic nitrogens is 2. The number of carbonyl (C=O) groups excluding carboxylic acids is 1. The summed E-state index contributed by atoms with van der Waals surface area (Å²) in [5.74, 6) is 0.603. The van der Waals surface area contributed by atoms with E-state index >= 15 is 0 Å². The van der Waals surface area contributed by atoms with Crippen LogP contribution in [-0.2, 0) is 23.3 Å². The van der Waals surface area contributed by atoms with Gasteiger partial charge in [0.15, 0.2) is 9.84 Å². The van der Waals surface area contributed by atoms with Gasteiger partial charge in [0, 0.05) is 43.8 Å². The van der Waals surface area contributed by atoms with Crippen LogP contribution in [0.3, 0.4) is 0 Å². The molecule has 11 heteroatoms. The number of nitrogens with zero attached hydrogens (tertiary/aromatic N) is 3. The zero-order chi connectivity index (χ0) is 22.6. The first-order chi connectivity index (χ1) is 14.7. The second kappa shape index (κ2) is 9.99. The van der Waals surface area contributed by atoms with Gasteiger partial charge in [0.05, 0.1) is 22.4 Å². The SMILES string of the molecule is CCc1cc(NC(=O)NCC[C@@H](CO)N2CC(S(=O)(=O)c3ccc(Cl)cc3)C2)n(C)n1. The number of aliphatic hydroxyl groups excluding tert-OH is 1. The molecule has 1 atom stereocenters. The largest absolute Gasteiger partial charge is 0.395 e. The van der Waals surface area contributed by atoms with E-state index in [0.717, 1.165) is 12.1 Å². The van der Waals surface area contributed by atoms with Crippen molar-refractivity contribution in [1.29, 1.82) is 0 Å². The molecule has 1 aliphatic heterocycles. The van der Waals surface area contributed by atoms with Crippen LogP contribution in [0.2, 0.25) is 5.02 Å². The first-order valence-electron chi connectivity index (χ1n) is 10.2. The Labute approximate surface area is 187 Å². The lowest BCUT2D eigenvalue weighted by Gasteiger charge is -2.43. The normalized spacial score (nSPS) is 16.0. The Morgan fingerprint density at radius 1 is 1.32 bits per heavy atom. The van der Waals surface area contributed by atoms with Crippen molar-refractivity contribution in [2.45, 2.75) is 36.0 Å². The highest BCUT2D eigenvalue weighted by Crippen LogP contribution is 2.26. The molecule has 2 heterocycles. The van der Waals surface area contributed by atoms with E-state index < -0.39 is 15.1 Å². The molecule has 0 saturated carbocycles. The van der Waals surface area contributed by atoms with E-state index in [-0.39, 0.29) is 23.6 Å². The first kappa shape index (κ1) is 23.5. The molecule has 2 amide bonds. The molecule has 1 saturated heterocycles. The van der Waals surface area contributed by atoms with Crippen LogP contribution in [0.5, 0.6) is 0 Å². The molecule has 1 aromatic carbocycles. The molecule has 0 spiro atoms. The number of sulfone groups is 1. The van der Waals surface area contributed by atoms with Crippen molar-refractivity contribution in [3.8, 4) is 0 Å². The highest BCUT2D eigenvalue weighted by atomic mass is 35.5. The van der Waals surface area contributed by atoms with Gasteiger partial charge in [0.2, 0.25) is 0 Å². The minimum Gasteiger partial charge on any atom is -0.395 e. The number of benzene rings is 1. The van der Waals surface area contributed by atoms with Crippen molar-refractivity contribution < 1.29 is 18.3 Å². The van der Waals surface area contributed by atoms with Crippen LogP contribution >= 0.6 is 11.6 Å². The van der Waals surface area contributed by atoms with Gasteiger partial charge in [-0.2, -0.15) is 5.10 Å². The summed E-state index contributed by atoms with van der Waals surface area (Å²) in [7, 11) is -1.68. The van der Waals surface area contributed by atoms with Gasteiger partial charge in [0.25, 0.3) is 0 Å². The van der Waals surface area contributed by atoms with Gasteiger partial charge in [-0.3, -0.25) is 14.9 Å². The Balaban J connectivity index is 1.45. The molecule has 1 aliphatic rings. The standard InChI is InChI=1S/C20H28ClN5O4S/c1-3-15-10-19(25(2)24-15)23-20(28)22-9-8-16(13-27)26-11-18(12-26)31(29,30)17-6-4-14(21)5-7-17/h4-7,10,16,18,27H,3,8-9,11-13H2,1-2H3,(H2,22,23,28)/t16-/m0/s1. The molecule has 1 fully saturated rings. The summed E-state index contributed by atoms with van der Waals surface area (Å²) in [5, 5.41) is 19.5. The number of nitrogens with one attached hydrogen (secondary N) is 2. The van der Waals surface area contributed by atoms with E-state index in [4.69, 9.17) is 11.6 Å². The van der Waals surface area contributed by atoms with Crippen LogP contribution in [0.15, 0.2) is 35.2 Å². The van der Waals surface area contributed by atoms with Crippen LogP contribution in [0.25, 0.3) is 0 Å². The number of rotatable bonds is 9. The average molecular weight is 470 g/mol. The molecule has 0 unspecified atom stereocenters. The lowest BCUT2D eigenvalue weighted by atomic mass is 10.1. The highest BCUT2D eigenvalue weighted by Gasteiger charge is 2.40. The zero-order valence-electron chi connectivity index (χ0n) is 17.6. The van der Waals surface area contributed by atoms with Crippen molar-refractivity contribution in [3.05, 3.63) is 41.0 Å². The van der Waals surface area contributed by atoms with Gasteiger partial charge >= 0.3 is 6.03 Å². The third-order valence-corrected chi connectivity index (χ3v) is 7.84. The Kier molecular flexibility index (Phi) is 7.58. The van der Waals surface area contributed by atoms with Crippen molar-refractivity contribution in [2.75, 3.05) is 31.6 Å². The maximum atomic E-state index is 12.7. The number of halogens is 1. The van der Waals surface area contributed by atoms with E-state index in [1.165, 1.54) is 12.1 Å². The number of carbonyl (C=O) groups is 1. The summed E-state index contributed by atoms with van der Waals surface area (Å²) < 4.78 is 27.0. The van der Waals surface area contributed by atoms with E-state index in [2.05, 4.69) is 15.7 Å². The summed E-state index contributed by atoms with van der Waals surface area (Å²) in [5.41, 5.74) is 0.888. The second-order valence-corrected chi connectivity index (χ2v) is 10.2. The van der Waals surface area contributed by atoms with Gasteiger partial charge in [-0.1, -0.05) is 18.5 Å². The summed E-state index contributed by atoms with van der Waals surface area (Å²) >= 11 is 5.83.